The number of hydrogen-bond donors (Lipinski definition) is 1. The fourth-order valence-corrected chi connectivity index (χ4v) is 5.74. The minimum absolute atomic E-state index is 0.100. The van der Waals surface area contributed by atoms with Gasteiger partial charge in [0.05, 0.1) is 24.3 Å². The quantitative estimate of drug-likeness (QED) is 0.618. The number of hydrogen-bond acceptors (Lipinski definition) is 7. The third-order valence-electron chi connectivity index (χ3n) is 5.76. The number of carbonyl (C=O) groups excluding carboxylic acids is 1. The van der Waals surface area contributed by atoms with Crippen molar-refractivity contribution >= 4 is 21.6 Å². The molecule has 1 amide bonds. The second-order valence-electron chi connectivity index (χ2n) is 7.86. The van der Waals surface area contributed by atoms with Gasteiger partial charge in [-0.2, -0.15) is 9.40 Å². The standard InChI is InChI=1S/C20H32N6O4S/c1-5-24(6-2)10-11-25-14-18(12-21-25)22-20(27)17-8-7-9-26(13-17)31(28,29)19-15(3)23-30-16(19)4/h12,14,17H,5-11,13H2,1-4H3,(H,22,27). The molecule has 1 saturated heterocycles. The molecular formula is C20H32N6O4S. The third kappa shape index (κ3) is 5.34. The number of likely N-dealkylation sites (N-methyl/N-ethyl adjacent to an activating group) is 1. The molecule has 11 heteroatoms. The van der Waals surface area contributed by atoms with Crippen molar-refractivity contribution in [2.45, 2.75) is 52.0 Å². The summed E-state index contributed by atoms with van der Waals surface area (Å²) in [6, 6.07) is 0. The van der Waals surface area contributed by atoms with Crippen LogP contribution in [0.2, 0.25) is 0 Å². The molecule has 2 aromatic heterocycles. The van der Waals surface area contributed by atoms with Crippen molar-refractivity contribution in [3.8, 4) is 0 Å². The molecule has 0 spiro atoms. The molecule has 1 unspecified atom stereocenters. The maximum absolute atomic E-state index is 13.1. The molecule has 31 heavy (non-hydrogen) atoms. The van der Waals surface area contributed by atoms with E-state index >= 15 is 0 Å². The van der Waals surface area contributed by atoms with Gasteiger partial charge >= 0.3 is 0 Å². The molecule has 0 bridgehead atoms. The first-order valence-electron chi connectivity index (χ1n) is 10.7. The lowest BCUT2D eigenvalue weighted by atomic mass is 9.99. The van der Waals surface area contributed by atoms with Gasteiger partial charge in [0.15, 0.2) is 5.76 Å². The first-order valence-corrected chi connectivity index (χ1v) is 12.2. The first kappa shape index (κ1) is 23.4. The summed E-state index contributed by atoms with van der Waals surface area (Å²) in [5.74, 6) is -0.355. The highest BCUT2D eigenvalue weighted by atomic mass is 32.2. The Labute approximate surface area is 183 Å². The van der Waals surface area contributed by atoms with Crippen LogP contribution in [-0.2, 0) is 21.4 Å². The average Bonchev–Trinajstić information content (AvgIpc) is 3.34. The van der Waals surface area contributed by atoms with Crippen LogP contribution < -0.4 is 5.32 Å². The van der Waals surface area contributed by atoms with E-state index in [1.165, 1.54) is 4.31 Å². The SMILES string of the molecule is CCN(CC)CCn1cc(NC(=O)C2CCCN(S(=O)(=O)c3c(C)noc3C)C2)cn1. The smallest absolute Gasteiger partial charge is 0.248 e. The number of aryl methyl sites for hydroxylation is 2. The predicted molar refractivity (Wildman–Crippen MR) is 116 cm³/mol. The molecule has 1 atom stereocenters. The van der Waals surface area contributed by atoms with Crippen molar-refractivity contribution < 1.29 is 17.7 Å². The van der Waals surface area contributed by atoms with E-state index in [9.17, 15) is 13.2 Å². The van der Waals surface area contributed by atoms with Crippen molar-refractivity contribution in [3.63, 3.8) is 0 Å². The molecule has 1 fully saturated rings. The second kappa shape index (κ2) is 9.92. The summed E-state index contributed by atoms with van der Waals surface area (Å²) in [5.41, 5.74) is 0.955. The number of sulfonamides is 1. The normalized spacial score (nSPS) is 17.9. The highest BCUT2D eigenvalue weighted by Crippen LogP contribution is 2.28. The lowest BCUT2D eigenvalue weighted by Crippen LogP contribution is -2.43. The van der Waals surface area contributed by atoms with E-state index in [2.05, 4.69) is 34.3 Å². The van der Waals surface area contributed by atoms with Crippen LogP contribution in [0.4, 0.5) is 5.69 Å². The molecular weight excluding hydrogens is 420 g/mol. The number of aromatic nitrogens is 3. The number of carbonyl (C=O) groups is 1. The van der Waals surface area contributed by atoms with E-state index in [0.717, 1.165) is 26.2 Å². The molecule has 1 aliphatic heterocycles. The molecule has 0 saturated carbocycles. The molecule has 2 aromatic rings. The summed E-state index contributed by atoms with van der Waals surface area (Å²) in [7, 11) is -3.76. The Morgan fingerprint density at radius 2 is 2.06 bits per heavy atom. The van der Waals surface area contributed by atoms with Crippen LogP contribution in [0.1, 0.15) is 38.1 Å². The Bertz CT molecular complexity index is 976. The maximum atomic E-state index is 13.1. The van der Waals surface area contributed by atoms with E-state index < -0.39 is 15.9 Å². The number of amides is 1. The summed E-state index contributed by atoms with van der Waals surface area (Å²) >= 11 is 0. The summed E-state index contributed by atoms with van der Waals surface area (Å²) in [5, 5.41) is 11.0. The third-order valence-corrected chi connectivity index (χ3v) is 7.87. The maximum Gasteiger partial charge on any atom is 0.248 e. The fourth-order valence-electron chi connectivity index (χ4n) is 3.93. The number of rotatable bonds is 9. The lowest BCUT2D eigenvalue weighted by molar-refractivity contribution is -0.120. The zero-order valence-corrected chi connectivity index (χ0v) is 19.5. The summed E-state index contributed by atoms with van der Waals surface area (Å²) in [6.45, 7) is 11.5. The van der Waals surface area contributed by atoms with E-state index in [4.69, 9.17) is 4.52 Å². The minimum Gasteiger partial charge on any atom is -0.360 e. The van der Waals surface area contributed by atoms with Crippen LogP contribution >= 0.6 is 0 Å². The van der Waals surface area contributed by atoms with Gasteiger partial charge in [0, 0.05) is 25.8 Å². The molecule has 3 rings (SSSR count). The van der Waals surface area contributed by atoms with Crippen molar-refractivity contribution in [1.29, 1.82) is 0 Å². The Morgan fingerprint density at radius 3 is 2.71 bits per heavy atom. The number of nitrogens with one attached hydrogen (secondary N) is 1. The van der Waals surface area contributed by atoms with Crippen LogP contribution in [0.3, 0.4) is 0 Å². The van der Waals surface area contributed by atoms with Crippen molar-refractivity contribution in [3.05, 3.63) is 23.8 Å². The molecule has 0 aromatic carbocycles. The van der Waals surface area contributed by atoms with Crippen LogP contribution in [0.5, 0.6) is 0 Å². The van der Waals surface area contributed by atoms with Crippen LogP contribution in [-0.4, -0.2) is 71.2 Å². The lowest BCUT2D eigenvalue weighted by Gasteiger charge is -2.31. The Balaban J connectivity index is 1.61. The van der Waals surface area contributed by atoms with Crippen molar-refractivity contribution in [2.24, 2.45) is 5.92 Å². The zero-order chi connectivity index (χ0) is 22.6. The van der Waals surface area contributed by atoms with Crippen LogP contribution in [0.25, 0.3) is 0 Å². The predicted octanol–water partition coefficient (Wildman–Crippen LogP) is 1.87. The molecule has 1 N–H and O–H groups in total. The molecule has 3 heterocycles. The van der Waals surface area contributed by atoms with Gasteiger partial charge in [-0.1, -0.05) is 19.0 Å². The van der Waals surface area contributed by atoms with Gasteiger partial charge in [0.25, 0.3) is 0 Å². The van der Waals surface area contributed by atoms with Gasteiger partial charge in [-0.15, -0.1) is 0 Å². The highest BCUT2D eigenvalue weighted by Gasteiger charge is 2.36. The number of anilines is 1. The van der Waals surface area contributed by atoms with E-state index in [1.807, 2.05) is 10.9 Å². The van der Waals surface area contributed by atoms with Gasteiger partial charge in [0.1, 0.15) is 10.6 Å². The minimum atomic E-state index is -3.76. The summed E-state index contributed by atoms with van der Waals surface area (Å²) in [4.78, 5) is 15.2. The Kier molecular flexibility index (Phi) is 7.50. The molecule has 10 nitrogen and oxygen atoms in total. The van der Waals surface area contributed by atoms with E-state index in [-0.39, 0.29) is 23.1 Å². The molecule has 1 aliphatic rings. The van der Waals surface area contributed by atoms with E-state index in [1.54, 1.807) is 20.0 Å². The zero-order valence-electron chi connectivity index (χ0n) is 18.7. The van der Waals surface area contributed by atoms with Crippen LogP contribution in [0, 0.1) is 19.8 Å². The van der Waals surface area contributed by atoms with Gasteiger partial charge < -0.3 is 14.7 Å². The van der Waals surface area contributed by atoms with Crippen LogP contribution in [0.15, 0.2) is 21.8 Å². The largest absolute Gasteiger partial charge is 0.360 e. The fraction of sp³-hybridized carbons (Fsp3) is 0.650. The van der Waals surface area contributed by atoms with Gasteiger partial charge in [0.2, 0.25) is 15.9 Å². The first-order chi connectivity index (χ1) is 14.8. The summed E-state index contributed by atoms with van der Waals surface area (Å²) < 4.78 is 34.3. The number of piperidine rings is 1. The van der Waals surface area contributed by atoms with Crippen molar-refractivity contribution in [2.75, 3.05) is 38.0 Å². The number of nitrogens with zero attached hydrogens (tertiary/aromatic N) is 5. The van der Waals surface area contributed by atoms with Gasteiger partial charge in [-0.25, -0.2) is 8.42 Å². The Morgan fingerprint density at radius 1 is 1.32 bits per heavy atom. The van der Waals surface area contributed by atoms with Crippen molar-refractivity contribution in [1.82, 2.24) is 24.1 Å². The van der Waals surface area contributed by atoms with Gasteiger partial charge in [-0.3, -0.25) is 9.48 Å². The summed E-state index contributed by atoms with van der Waals surface area (Å²) in [6.07, 6.45) is 4.68. The second-order valence-corrected chi connectivity index (χ2v) is 9.74. The van der Waals surface area contributed by atoms with E-state index in [0.29, 0.717) is 30.8 Å². The molecule has 172 valence electrons. The molecule has 0 radical (unpaired) electrons. The average molecular weight is 453 g/mol. The topological polar surface area (TPSA) is 114 Å². The Hall–Kier alpha value is -2.24. The van der Waals surface area contributed by atoms with Gasteiger partial charge in [-0.05, 0) is 39.8 Å². The molecule has 0 aliphatic carbocycles. The highest BCUT2D eigenvalue weighted by molar-refractivity contribution is 7.89. The monoisotopic (exact) mass is 452 g/mol.